The maximum absolute atomic E-state index is 12.8. The number of anilines is 2. The van der Waals surface area contributed by atoms with Gasteiger partial charge in [-0.15, -0.1) is 0 Å². The molecule has 2 aromatic rings. The summed E-state index contributed by atoms with van der Waals surface area (Å²) in [7, 11) is -2.25. The summed E-state index contributed by atoms with van der Waals surface area (Å²) in [4.78, 5) is 2.34. The predicted molar refractivity (Wildman–Crippen MR) is 103 cm³/mol. The first-order chi connectivity index (χ1) is 11.8. The molecule has 0 aliphatic heterocycles. The van der Waals surface area contributed by atoms with Gasteiger partial charge in [0.05, 0.1) is 7.11 Å². The molecule has 0 aliphatic rings. The number of ether oxygens (including phenoxy) is 1. The molecule has 2 rings (SSSR count). The minimum Gasteiger partial charge on any atom is -0.495 e. The van der Waals surface area contributed by atoms with Crippen LogP contribution in [0.2, 0.25) is 0 Å². The molecule has 0 heterocycles. The van der Waals surface area contributed by atoms with Gasteiger partial charge in [0.25, 0.3) is 10.0 Å². The van der Waals surface area contributed by atoms with E-state index >= 15 is 0 Å². The quantitative estimate of drug-likeness (QED) is 0.810. The Morgan fingerprint density at radius 1 is 1.00 bits per heavy atom. The van der Waals surface area contributed by atoms with Crippen molar-refractivity contribution in [2.24, 2.45) is 0 Å². The lowest BCUT2D eigenvalue weighted by Crippen LogP contribution is -2.21. The Morgan fingerprint density at radius 3 is 2.08 bits per heavy atom. The number of methoxy groups -OCH3 is 1. The predicted octanol–water partition coefficient (Wildman–Crippen LogP) is 3.96. The van der Waals surface area contributed by atoms with E-state index in [4.69, 9.17) is 4.74 Å². The molecule has 0 saturated heterocycles. The second kappa shape index (κ2) is 7.78. The van der Waals surface area contributed by atoms with Gasteiger partial charge in [0.1, 0.15) is 10.6 Å². The van der Waals surface area contributed by atoms with Gasteiger partial charge >= 0.3 is 0 Å². The molecule has 2 aromatic carbocycles. The van der Waals surface area contributed by atoms with Crippen molar-refractivity contribution in [3.8, 4) is 5.75 Å². The molecule has 1 N–H and O–H groups in total. The molecule has 0 atom stereocenters. The Morgan fingerprint density at radius 2 is 1.56 bits per heavy atom. The third-order valence-electron chi connectivity index (χ3n) is 4.32. The van der Waals surface area contributed by atoms with Gasteiger partial charge in [-0.25, -0.2) is 8.42 Å². The van der Waals surface area contributed by atoms with E-state index in [2.05, 4.69) is 23.5 Å². The lowest BCUT2D eigenvalue weighted by Gasteiger charge is -2.21. The van der Waals surface area contributed by atoms with Crippen molar-refractivity contribution in [2.75, 3.05) is 29.8 Å². The lowest BCUT2D eigenvalue weighted by atomic mass is 10.1. The molecule has 0 unspecified atom stereocenters. The van der Waals surface area contributed by atoms with E-state index in [9.17, 15) is 8.42 Å². The van der Waals surface area contributed by atoms with Crippen molar-refractivity contribution in [1.82, 2.24) is 0 Å². The highest BCUT2D eigenvalue weighted by Crippen LogP contribution is 2.29. The smallest absolute Gasteiger partial charge is 0.265 e. The molecule has 6 heteroatoms. The summed E-state index contributed by atoms with van der Waals surface area (Å²) in [5.41, 5.74) is 3.48. The second-order valence-electron chi connectivity index (χ2n) is 5.91. The van der Waals surface area contributed by atoms with E-state index in [-0.39, 0.29) is 4.90 Å². The van der Waals surface area contributed by atoms with Crippen molar-refractivity contribution in [3.63, 3.8) is 0 Å². The standard InChI is InChI=1S/C19H26N2O3S/c1-6-21(7-2)17-10-8-16(9-11-17)20-25(22,23)19-13-15(4)14(3)12-18(19)24-5/h8-13,20H,6-7H2,1-5H3. The Kier molecular flexibility index (Phi) is 5.95. The second-order valence-corrected chi connectivity index (χ2v) is 7.56. The number of hydrogen-bond donors (Lipinski definition) is 1. The van der Waals surface area contributed by atoms with E-state index in [0.29, 0.717) is 11.4 Å². The molecule has 5 nitrogen and oxygen atoms in total. The fourth-order valence-electron chi connectivity index (χ4n) is 2.67. The zero-order valence-electron chi connectivity index (χ0n) is 15.5. The topological polar surface area (TPSA) is 58.6 Å². The molecular weight excluding hydrogens is 336 g/mol. The number of rotatable bonds is 7. The zero-order chi connectivity index (χ0) is 18.6. The molecule has 0 aliphatic carbocycles. The SMILES string of the molecule is CCN(CC)c1ccc(NS(=O)(=O)c2cc(C)c(C)cc2OC)cc1. The average Bonchev–Trinajstić information content (AvgIpc) is 2.59. The Hall–Kier alpha value is -2.21. The van der Waals surface area contributed by atoms with E-state index in [1.54, 1.807) is 24.3 Å². The monoisotopic (exact) mass is 362 g/mol. The maximum Gasteiger partial charge on any atom is 0.265 e. The first kappa shape index (κ1) is 19.1. The summed E-state index contributed by atoms with van der Waals surface area (Å²) in [5, 5.41) is 0. The van der Waals surface area contributed by atoms with E-state index in [1.165, 1.54) is 7.11 Å². The largest absolute Gasteiger partial charge is 0.495 e. The van der Waals surface area contributed by atoms with Crippen LogP contribution in [-0.2, 0) is 10.0 Å². The van der Waals surface area contributed by atoms with Crippen LogP contribution in [0.1, 0.15) is 25.0 Å². The van der Waals surface area contributed by atoms with Gasteiger partial charge in [-0.2, -0.15) is 0 Å². The molecule has 0 radical (unpaired) electrons. The third-order valence-corrected chi connectivity index (χ3v) is 5.72. The fraction of sp³-hybridized carbons (Fsp3) is 0.368. The number of nitrogens with zero attached hydrogens (tertiary/aromatic N) is 1. The van der Waals surface area contributed by atoms with Crippen LogP contribution in [0.15, 0.2) is 41.3 Å². The minimum atomic E-state index is -3.73. The average molecular weight is 362 g/mol. The highest BCUT2D eigenvalue weighted by molar-refractivity contribution is 7.92. The normalized spacial score (nSPS) is 11.2. The van der Waals surface area contributed by atoms with Crippen LogP contribution in [0.3, 0.4) is 0 Å². The maximum atomic E-state index is 12.8. The van der Waals surface area contributed by atoms with Gasteiger partial charge in [-0.1, -0.05) is 0 Å². The van der Waals surface area contributed by atoms with E-state index in [1.807, 2.05) is 26.0 Å². The van der Waals surface area contributed by atoms with Gasteiger partial charge in [-0.3, -0.25) is 4.72 Å². The summed E-state index contributed by atoms with van der Waals surface area (Å²) in [6.07, 6.45) is 0. The molecule has 25 heavy (non-hydrogen) atoms. The van der Waals surface area contributed by atoms with Crippen LogP contribution < -0.4 is 14.4 Å². The number of aryl methyl sites for hydroxylation is 2. The summed E-state index contributed by atoms with van der Waals surface area (Å²) in [5.74, 6) is 0.343. The van der Waals surface area contributed by atoms with Crippen LogP contribution >= 0.6 is 0 Å². The van der Waals surface area contributed by atoms with Crippen LogP contribution in [0.4, 0.5) is 11.4 Å². The number of sulfonamides is 1. The van der Waals surface area contributed by atoms with Crippen LogP contribution in [0.25, 0.3) is 0 Å². The number of hydrogen-bond acceptors (Lipinski definition) is 4. The summed E-state index contributed by atoms with van der Waals surface area (Å²) < 4.78 is 33.4. The van der Waals surface area contributed by atoms with Crippen molar-refractivity contribution >= 4 is 21.4 Å². The van der Waals surface area contributed by atoms with Gasteiger partial charge < -0.3 is 9.64 Å². The third kappa shape index (κ3) is 4.25. The van der Waals surface area contributed by atoms with E-state index in [0.717, 1.165) is 29.9 Å². The first-order valence-electron chi connectivity index (χ1n) is 8.35. The molecule has 0 spiro atoms. The molecule has 0 fully saturated rings. The molecule has 0 saturated carbocycles. The van der Waals surface area contributed by atoms with Crippen molar-refractivity contribution < 1.29 is 13.2 Å². The first-order valence-corrected chi connectivity index (χ1v) is 9.83. The van der Waals surface area contributed by atoms with Crippen LogP contribution in [0, 0.1) is 13.8 Å². The van der Waals surface area contributed by atoms with Gasteiger partial charge in [0.15, 0.2) is 0 Å². The van der Waals surface area contributed by atoms with Crippen molar-refractivity contribution in [2.45, 2.75) is 32.6 Å². The summed E-state index contributed by atoms with van der Waals surface area (Å²) in [6.45, 7) is 9.79. The van der Waals surface area contributed by atoms with Gasteiger partial charge in [-0.05, 0) is 75.2 Å². The van der Waals surface area contributed by atoms with Crippen molar-refractivity contribution in [3.05, 3.63) is 47.5 Å². The van der Waals surface area contributed by atoms with Crippen LogP contribution in [-0.4, -0.2) is 28.6 Å². The summed E-state index contributed by atoms with van der Waals surface area (Å²) >= 11 is 0. The molecular formula is C19H26N2O3S. The number of nitrogens with one attached hydrogen (secondary N) is 1. The number of benzene rings is 2. The Bertz CT molecular complexity index is 826. The Labute approximate surface area is 150 Å². The highest BCUT2D eigenvalue weighted by Gasteiger charge is 2.21. The summed E-state index contributed by atoms with van der Waals surface area (Å²) in [6, 6.07) is 10.8. The lowest BCUT2D eigenvalue weighted by molar-refractivity contribution is 0.402. The molecule has 0 bridgehead atoms. The van der Waals surface area contributed by atoms with Crippen LogP contribution in [0.5, 0.6) is 5.75 Å². The van der Waals surface area contributed by atoms with Gasteiger partial charge in [0.2, 0.25) is 0 Å². The minimum absolute atomic E-state index is 0.144. The van der Waals surface area contributed by atoms with Crippen molar-refractivity contribution in [1.29, 1.82) is 0 Å². The van der Waals surface area contributed by atoms with Gasteiger partial charge in [0, 0.05) is 24.5 Å². The fourth-order valence-corrected chi connectivity index (χ4v) is 3.97. The molecule has 0 amide bonds. The Balaban J connectivity index is 2.32. The highest BCUT2D eigenvalue weighted by atomic mass is 32.2. The zero-order valence-corrected chi connectivity index (χ0v) is 16.3. The van der Waals surface area contributed by atoms with E-state index < -0.39 is 10.0 Å². The molecule has 136 valence electrons. The molecule has 0 aromatic heterocycles.